The van der Waals surface area contributed by atoms with Crippen molar-refractivity contribution in [3.05, 3.63) is 23.3 Å². The van der Waals surface area contributed by atoms with E-state index >= 15 is 0 Å². The molecule has 0 unspecified atom stereocenters. The topological polar surface area (TPSA) is 43.4 Å². The van der Waals surface area contributed by atoms with Crippen LogP contribution < -0.4 is 0 Å². The van der Waals surface area contributed by atoms with Gasteiger partial charge in [0.25, 0.3) is 0 Å². The van der Waals surface area contributed by atoms with Gasteiger partial charge in [0, 0.05) is 18.4 Å². The number of ether oxygens (including phenoxy) is 1. The molecule has 0 fully saturated rings. The first-order valence-corrected chi connectivity index (χ1v) is 6.80. The number of esters is 1. The molecule has 0 atom stereocenters. The van der Waals surface area contributed by atoms with Gasteiger partial charge < -0.3 is 4.74 Å². The predicted molar refractivity (Wildman–Crippen MR) is 77.8 cm³/mol. The van der Waals surface area contributed by atoms with Crippen molar-refractivity contribution < 1.29 is 14.3 Å². The van der Waals surface area contributed by atoms with Crippen molar-refractivity contribution in [2.75, 3.05) is 7.11 Å². The van der Waals surface area contributed by atoms with Crippen molar-refractivity contribution in [3.8, 4) is 0 Å². The average Bonchev–Trinajstić information content (AvgIpc) is 2.35. The molecule has 0 aliphatic carbocycles. The Balaban J connectivity index is 4.03. The van der Waals surface area contributed by atoms with Gasteiger partial charge in [-0.15, -0.1) is 0 Å². The van der Waals surface area contributed by atoms with E-state index < -0.39 is 0 Å². The normalized spacial score (nSPS) is 12.7. The molecule has 108 valence electrons. The van der Waals surface area contributed by atoms with Crippen molar-refractivity contribution in [3.63, 3.8) is 0 Å². The van der Waals surface area contributed by atoms with E-state index in [0.29, 0.717) is 12.2 Å². The van der Waals surface area contributed by atoms with E-state index in [0.717, 1.165) is 24.8 Å². The summed E-state index contributed by atoms with van der Waals surface area (Å²) in [5.41, 5.74) is 2.24. The molecule has 0 bridgehead atoms. The van der Waals surface area contributed by atoms with E-state index in [1.807, 2.05) is 27.7 Å². The zero-order chi connectivity index (χ0) is 14.8. The van der Waals surface area contributed by atoms with Crippen LogP contribution in [0.25, 0.3) is 0 Å². The van der Waals surface area contributed by atoms with Crippen LogP contribution in [0, 0.1) is 5.92 Å². The molecule has 0 saturated carbocycles. The van der Waals surface area contributed by atoms with Gasteiger partial charge in [-0.2, -0.15) is 0 Å². The molecule has 0 aliphatic heterocycles. The number of rotatable bonds is 8. The summed E-state index contributed by atoms with van der Waals surface area (Å²) >= 11 is 0. The molecule has 0 N–H and O–H groups in total. The highest BCUT2D eigenvalue weighted by Gasteiger charge is 2.06. The number of carbonyl (C=O) groups excluding carboxylic acids is 2. The van der Waals surface area contributed by atoms with Gasteiger partial charge in [0.1, 0.15) is 5.78 Å². The summed E-state index contributed by atoms with van der Waals surface area (Å²) in [5.74, 6) is 0.133. The van der Waals surface area contributed by atoms with Crippen LogP contribution in [0.5, 0.6) is 0 Å². The number of methoxy groups -OCH3 is 1. The molecule has 0 amide bonds. The van der Waals surface area contributed by atoms with E-state index in [-0.39, 0.29) is 11.9 Å². The maximum absolute atomic E-state index is 11.5. The molecule has 0 aromatic carbocycles. The van der Waals surface area contributed by atoms with Crippen LogP contribution in [-0.4, -0.2) is 18.9 Å². The molecule has 3 nitrogen and oxygen atoms in total. The van der Waals surface area contributed by atoms with Crippen LogP contribution in [0.3, 0.4) is 0 Å². The van der Waals surface area contributed by atoms with Gasteiger partial charge in [-0.1, -0.05) is 31.1 Å². The van der Waals surface area contributed by atoms with Crippen molar-refractivity contribution >= 4 is 11.8 Å². The number of carbonyl (C=O) groups is 2. The maximum atomic E-state index is 11.5. The zero-order valence-corrected chi connectivity index (χ0v) is 12.8. The Morgan fingerprint density at radius 1 is 1.05 bits per heavy atom. The van der Waals surface area contributed by atoms with Gasteiger partial charge in [0.2, 0.25) is 0 Å². The van der Waals surface area contributed by atoms with E-state index in [4.69, 9.17) is 0 Å². The van der Waals surface area contributed by atoms with E-state index in [1.54, 1.807) is 0 Å². The monoisotopic (exact) mass is 266 g/mol. The Labute approximate surface area is 116 Å². The minimum Gasteiger partial charge on any atom is -0.466 e. The number of hydrogen-bond acceptors (Lipinski definition) is 3. The summed E-state index contributed by atoms with van der Waals surface area (Å²) < 4.78 is 4.57. The molecule has 0 saturated heterocycles. The van der Waals surface area contributed by atoms with Gasteiger partial charge in [0.15, 0.2) is 0 Å². The molecule has 0 heterocycles. The summed E-state index contributed by atoms with van der Waals surface area (Å²) in [5, 5.41) is 0. The molecule has 19 heavy (non-hydrogen) atoms. The molecule has 0 aliphatic rings. The Hall–Kier alpha value is -1.38. The number of ketones is 1. The second-order valence-electron chi connectivity index (χ2n) is 5.22. The lowest BCUT2D eigenvalue weighted by atomic mass is 10.0. The summed E-state index contributed by atoms with van der Waals surface area (Å²) in [6.07, 6.45) is 6.84. The highest BCUT2D eigenvalue weighted by Crippen LogP contribution is 2.12. The average molecular weight is 266 g/mol. The summed E-state index contributed by atoms with van der Waals surface area (Å²) in [4.78, 5) is 22.5. The molecule has 0 radical (unpaired) electrons. The van der Waals surface area contributed by atoms with E-state index in [9.17, 15) is 9.59 Å². The van der Waals surface area contributed by atoms with E-state index in [2.05, 4.69) is 10.8 Å². The third kappa shape index (κ3) is 9.23. The third-order valence-electron chi connectivity index (χ3n) is 3.01. The molecule has 0 aromatic rings. The number of Topliss-reactive ketones (excluding diaryl/α,β-unsaturated/α-hetero) is 1. The zero-order valence-electron chi connectivity index (χ0n) is 12.8. The fraction of sp³-hybridized carbons (Fsp3) is 0.625. The van der Waals surface area contributed by atoms with Crippen LogP contribution in [0.2, 0.25) is 0 Å². The highest BCUT2D eigenvalue weighted by molar-refractivity contribution is 5.82. The van der Waals surface area contributed by atoms with Gasteiger partial charge in [-0.25, -0.2) is 4.79 Å². The van der Waals surface area contributed by atoms with Gasteiger partial charge in [0.05, 0.1) is 7.11 Å². The van der Waals surface area contributed by atoms with Crippen LogP contribution in [-0.2, 0) is 14.3 Å². The van der Waals surface area contributed by atoms with Gasteiger partial charge >= 0.3 is 5.97 Å². The highest BCUT2D eigenvalue weighted by atomic mass is 16.5. The van der Waals surface area contributed by atoms with Crippen molar-refractivity contribution in [1.29, 1.82) is 0 Å². The molecule has 0 spiro atoms. The van der Waals surface area contributed by atoms with Crippen molar-refractivity contribution in [2.45, 2.75) is 53.4 Å². The molecule has 0 aromatic heterocycles. The second-order valence-corrected chi connectivity index (χ2v) is 5.22. The molecule has 3 heteroatoms. The molecule has 0 rings (SSSR count). The minimum atomic E-state index is -0.305. The Morgan fingerprint density at radius 3 is 2.21 bits per heavy atom. The van der Waals surface area contributed by atoms with Crippen molar-refractivity contribution in [1.82, 2.24) is 0 Å². The summed E-state index contributed by atoms with van der Waals surface area (Å²) in [6.45, 7) is 7.83. The van der Waals surface area contributed by atoms with Gasteiger partial charge in [-0.3, -0.25) is 4.79 Å². The smallest absolute Gasteiger partial charge is 0.330 e. The van der Waals surface area contributed by atoms with Crippen LogP contribution in [0.1, 0.15) is 53.4 Å². The quantitative estimate of drug-likeness (QED) is 0.381. The van der Waals surface area contributed by atoms with Crippen LogP contribution in [0.15, 0.2) is 23.3 Å². The standard InChI is InChI=1S/C16H26O3/c1-12(2)15(17)10-9-13(3)7-6-8-14(4)11-16(18)19-5/h7,11-12H,6,8-10H2,1-5H3/b13-7+,14-11+. The summed E-state index contributed by atoms with van der Waals surface area (Å²) in [7, 11) is 1.38. The number of allylic oxidation sites excluding steroid dienone is 3. The lowest BCUT2D eigenvalue weighted by Gasteiger charge is -2.04. The van der Waals surface area contributed by atoms with Crippen LogP contribution in [0.4, 0.5) is 0 Å². The minimum absolute atomic E-state index is 0.123. The Morgan fingerprint density at radius 2 is 1.68 bits per heavy atom. The van der Waals surface area contributed by atoms with Crippen LogP contribution >= 0.6 is 0 Å². The second kappa shape index (κ2) is 9.54. The Bertz CT molecular complexity index is 362. The molecular weight excluding hydrogens is 240 g/mol. The summed E-state index contributed by atoms with van der Waals surface area (Å²) in [6, 6.07) is 0. The first-order chi connectivity index (χ1) is 8.86. The first kappa shape index (κ1) is 17.6. The Kier molecular flexibility index (Phi) is 8.84. The SMILES string of the molecule is COC(=O)/C=C(\C)CC/C=C(\C)CCC(=O)C(C)C. The van der Waals surface area contributed by atoms with E-state index in [1.165, 1.54) is 18.8 Å². The first-order valence-electron chi connectivity index (χ1n) is 6.80. The van der Waals surface area contributed by atoms with Gasteiger partial charge in [-0.05, 0) is 33.1 Å². The largest absolute Gasteiger partial charge is 0.466 e. The number of hydrogen-bond donors (Lipinski definition) is 0. The lowest BCUT2D eigenvalue weighted by molar-refractivity contribution is -0.134. The fourth-order valence-corrected chi connectivity index (χ4v) is 1.59. The van der Waals surface area contributed by atoms with Crippen molar-refractivity contribution in [2.24, 2.45) is 5.92 Å². The lowest BCUT2D eigenvalue weighted by Crippen LogP contribution is -2.06. The predicted octanol–water partition coefficient (Wildman–Crippen LogP) is 3.84. The fourth-order valence-electron chi connectivity index (χ4n) is 1.59. The molecular formula is C16H26O3. The maximum Gasteiger partial charge on any atom is 0.330 e. The third-order valence-corrected chi connectivity index (χ3v) is 3.01.